The minimum atomic E-state index is -3.41. The van der Waals surface area contributed by atoms with Gasteiger partial charge in [-0.1, -0.05) is 0 Å². The van der Waals surface area contributed by atoms with E-state index in [9.17, 15) is 8.42 Å². The van der Waals surface area contributed by atoms with Crippen molar-refractivity contribution in [3.8, 4) is 0 Å². The normalized spacial score (nSPS) is 26.9. The second kappa shape index (κ2) is 6.51. The highest BCUT2D eigenvalue weighted by Crippen LogP contribution is 2.08. The van der Waals surface area contributed by atoms with Crippen molar-refractivity contribution in [2.24, 2.45) is 0 Å². The molecule has 0 spiro atoms. The van der Waals surface area contributed by atoms with Crippen LogP contribution in [-0.2, 0) is 14.9 Å². The standard InChI is InChI=1S/C9H21N3O3S/c1-8-9(4-3-5-10-8)12-16(13,14)11-6-7-15-2/h8-12H,3-7H2,1-2H3. The molecule has 0 aromatic rings. The number of nitrogens with one attached hydrogen (secondary N) is 3. The Morgan fingerprint density at radius 3 is 2.88 bits per heavy atom. The summed E-state index contributed by atoms with van der Waals surface area (Å²) in [7, 11) is -1.87. The topological polar surface area (TPSA) is 79.5 Å². The maximum absolute atomic E-state index is 11.6. The summed E-state index contributed by atoms with van der Waals surface area (Å²) in [5.41, 5.74) is 0. The number of hydrogen-bond acceptors (Lipinski definition) is 4. The lowest BCUT2D eigenvalue weighted by molar-refractivity contribution is 0.204. The molecule has 1 aliphatic rings. The van der Waals surface area contributed by atoms with Crippen molar-refractivity contribution in [1.82, 2.24) is 14.8 Å². The van der Waals surface area contributed by atoms with E-state index in [1.54, 1.807) is 0 Å². The van der Waals surface area contributed by atoms with Crippen LogP contribution in [0.15, 0.2) is 0 Å². The van der Waals surface area contributed by atoms with Crippen LogP contribution >= 0.6 is 0 Å². The molecule has 1 rings (SSSR count). The fourth-order valence-corrected chi connectivity index (χ4v) is 2.88. The zero-order chi connectivity index (χ0) is 12.0. The molecular weight excluding hydrogens is 230 g/mol. The first-order chi connectivity index (χ1) is 7.55. The summed E-state index contributed by atoms with van der Waals surface area (Å²) in [6.07, 6.45) is 1.87. The Hall–Kier alpha value is -0.210. The fraction of sp³-hybridized carbons (Fsp3) is 1.00. The van der Waals surface area contributed by atoms with Gasteiger partial charge < -0.3 is 10.1 Å². The molecule has 6 nitrogen and oxygen atoms in total. The number of rotatable bonds is 6. The zero-order valence-electron chi connectivity index (χ0n) is 9.82. The van der Waals surface area contributed by atoms with Gasteiger partial charge in [-0.3, -0.25) is 0 Å². The van der Waals surface area contributed by atoms with Gasteiger partial charge in [0.05, 0.1) is 6.61 Å². The average molecular weight is 251 g/mol. The minimum absolute atomic E-state index is 0.0335. The molecule has 0 radical (unpaired) electrons. The quantitative estimate of drug-likeness (QED) is 0.540. The zero-order valence-corrected chi connectivity index (χ0v) is 10.6. The van der Waals surface area contributed by atoms with Crippen LogP contribution in [0.1, 0.15) is 19.8 Å². The summed E-state index contributed by atoms with van der Waals surface area (Å²) < 4.78 is 33.1. The van der Waals surface area contributed by atoms with Crippen LogP contribution in [0.5, 0.6) is 0 Å². The Morgan fingerprint density at radius 2 is 2.25 bits per heavy atom. The summed E-state index contributed by atoms with van der Waals surface area (Å²) >= 11 is 0. The number of methoxy groups -OCH3 is 1. The number of ether oxygens (including phenoxy) is 1. The van der Waals surface area contributed by atoms with Crippen molar-refractivity contribution in [2.75, 3.05) is 26.8 Å². The smallest absolute Gasteiger partial charge is 0.277 e. The molecule has 1 aliphatic heterocycles. The molecule has 1 saturated heterocycles. The van der Waals surface area contributed by atoms with Crippen molar-refractivity contribution in [2.45, 2.75) is 31.8 Å². The minimum Gasteiger partial charge on any atom is -0.383 e. The highest BCUT2D eigenvalue weighted by Gasteiger charge is 2.24. The SMILES string of the molecule is COCCNS(=O)(=O)NC1CCCNC1C. The third-order valence-electron chi connectivity index (χ3n) is 2.67. The molecule has 0 amide bonds. The lowest BCUT2D eigenvalue weighted by Crippen LogP contribution is -2.54. The van der Waals surface area contributed by atoms with Crippen molar-refractivity contribution >= 4 is 10.2 Å². The molecule has 0 aliphatic carbocycles. The Bertz CT molecular complexity index is 294. The molecule has 0 bridgehead atoms. The molecule has 0 aromatic carbocycles. The van der Waals surface area contributed by atoms with E-state index in [2.05, 4.69) is 14.8 Å². The predicted octanol–water partition coefficient (Wildman–Crippen LogP) is -0.803. The lowest BCUT2D eigenvalue weighted by Gasteiger charge is -2.30. The lowest BCUT2D eigenvalue weighted by atomic mass is 10.0. The summed E-state index contributed by atoms with van der Waals surface area (Å²) in [6, 6.07) is 0.140. The van der Waals surface area contributed by atoms with E-state index >= 15 is 0 Å². The second-order valence-electron chi connectivity index (χ2n) is 4.00. The molecule has 2 unspecified atom stereocenters. The van der Waals surface area contributed by atoms with Gasteiger partial charge in [0.2, 0.25) is 0 Å². The summed E-state index contributed by atoms with van der Waals surface area (Å²) in [4.78, 5) is 0. The first-order valence-electron chi connectivity index (χ1n) is 5.54. The first-order valence-corrected chi connectivity index (χ1v) is 7.03. The van der Waals surface area contributed by atoms with E-state index in [-0.39, 0.29) is 12.1 Å². The molecule has 1 heterocycles. The van der Waals surface area contributed by atoms with E-state index in [4.69, 9.17) is 4.74 Å². The van der Waals surface area contributed by atoms with E-state index in [1.165, 1.54) is 7.11 Å². The molecule has 3 N–H and O–H groups in total. The van der Waals surface area contributed by atoms with E-state index in [1.807, 2.05) is 6.92 Å². The molecule has 16 heavy (non-hydrogen) atoms. The van der Waals surface area contributed by atoms with E-state index in [0.717, 1.165) is 19.4 Å². The van der Waals surface area contributed by atoms with Crippen LogP contribution < -0.4 is 14.8 Å². The van der Waals surface area contributed by atoms with E-state index < -0.39 is 10.2 Å². The summed E-state index contributed by atoms with van der Waals surface area (Å²) in [6.45, 7) is 3.61. The highest BCUT2D eigenvalue weighted by atomic mass is 32.2. The molecular formula is C9H21N3O3S. The fourth-order valence-electron chi connectivity index (χ4n) is 1.72. The average Bonchev–Trinajstić information content (AvgIpc) is 2.21. The van der Waals surface area contributed by atoms with Gasteiger partial charge in [0, 0.05) is 25.7 Å². The number of hydrogen-bond donors (Lipinski definition) is 3. The van der Waals surface area contributed by atoms with E-state index in [0.29, 0.717) is 13.2 Å². The van der Waals surface area contributed by atoms with Crippen LogP contribution in [0.25, 0.3) is 0 Å². The number of piperidine rings is 1. The van der Waals surface area contributed by atoms with Crippen molar-refractivity contribution in [3.63, 3.8) is 0 Å². The largest absolute Gasteiger partial charge is 0.383 e. The highest BCUT2D eigenvalue weighted by molar-refractivity contribution is 7.87. The maximum Gasteiger partial charge on any atom is 0.277 e. The van der Waals surface area contributed by atoms with Crippen molar-refractivity contribution in [1.29, 1.82) is 0 Å². The van der Waals surface area contributed by atoms with Gasteiger partial charge in [0.1, 0.15) is 0 Å². The maximum atomic E-state index is 11.6. The van der Waals surface area contributed by atoms with Gasteiger partial charge in [0.25, 0.3) is 10.2 Å². The second-order valence-corrected chi connectivity index (χ2v) is 5.53. The van der Waals surface area contributed by atoms with Crippen LogP contribution in [0, 0.1) is 0 Å². The van der Waals surface area contributed by atoms with Crippen molar-refractivity contribution in [3.05, 3.63) is 0 Å². The van der Waals surface area contributed by atoms with Crippen LogP contribution in [0.3, 0.4) is 0 Å². The Balaban J connectivity index is 2.38. The molecule has 2 atom stereocenters. The van der Waals surface area contributed by atoms with Crippen molar-refractivity contribution < 1.29 is 13.2 Å². The van der Waals surface area contributed by atoms with Gasteiger partial charge in [-0.15, -0.1) is 0 Å². The summed E-state index contributed by atoms with van der Waals surface area (Å²) in [5, 5.41) is 3.24. The van der Waals surface area contributed by atoms with Crippen LogP contribution in [-0.4, -0.2) is 47.3 Å². The van der Waals surface area contributed by atoms with Gasteiger partial charge in [0.15, 0.2) is 0 Å². The predicted molar refractivity (Wildman–Crippen MR) is 62.4 cm³/mol. The third-order valence-corrected chi connectivity index (χ3v) is 3.86. The summed E-state index contributed by atoms with van der Waals surface area (Å²) in [5.74, 6) is 0. The van der Waals surface area contributed by atoms with Gasteiger partial charge in [-0.2, -0.15) is 17.9 Å². The monoisotopic (exact) mass is 251 g/mol. The van der Waals surface area contributed by atoms with Gasteiger partial charge in [-0.25, -0.2) is 0 Å². The molecule has 0 saturated carbocycles. The molecule has 7 heteroatoms. The van der Waals surface area contributed by atoms with Gasteiger partial charge in [-0.05, 0) is 26.3 Å². The molecule has 0 aromatic heterocycles. The first kappa shape index (κ1) is 13.9. The van der Waals surface area contributed by atoms with Crippen LogP contribution in [0.4, 0.5) is 0 Å². The Morgan fingerprint density at radius 1 is 1.50 bits per heavy atom. The third kappa shape index (κ3) is 4.75. The Labute approximate surface area is 97.3 Å². The molecule has 1 fully saturated rings. The molecule has 96 valence electrons. The van der Waals surface area contributed by atoms with Crippen LogP contribution in [0.2, 0.25) is 0 Å². The van der Waals surface area contributed by atoms with Gasteiger partial charge >= 0.3 is 0 Å². The Kier molecular flexibility index (Phi) is 5.63.